The van der Waals surface area contributed by atoms with Crippen molar-refractivity contribution < 1.29 is 14.7 Å². The average molecular weight is 90.1 g/mol. The van der Waals surface area contributed by atoms with Crippen LogP contribution in [0, 0.1) is 0 Å². The molecule has 0 aliphatic rings. The molecular formula is C3H8NO2+. The van der Waals surface area contributed by atoms with Crippen LogP contribution in [0.25, 0.3) is 0 Å². The van der Waals surface area contributed by atoms with Gasteiger partial charge in [0.1, 0.15) is 7.05 Å². The Morgan fingerprint density at radius 1 is 1.83 bits per heavy atom. The van der Waals surface area contributed by atoms with Crippen molar-refractivity contribution in [2.75, 3.05) is 14.2 Å². The fourth-order valence-electron chi connectivity index (χ4n) is 0.0481. The minimum absolute atomic E-state index is 0.412. The maximum Gasteiger partial charge on any atom is 0.331 e. The molecule has 3 nitrogen and oxygen atoms in total. The highest BCUT2D eigenvalue weighted by Gasteiger charge is 1.87. The van der Waals surface area contributed by atoms with E-state index in [-0.39, 0.29) is 0 Å². The predicted octanol–water partition coefficient (Wildman–Crippen LogP) is -1.78. The van der Waals surface area contributed by atoms with Crippen LogP contribution in [0.15, 0.2) is 0 Å². The fourth-order valence-corrected chi connectivity index (χ4v) is 0.0481. The number of rotatable bonds is 2. The molecule has 0 aromatic heterocycles. The van der Waals surface area contributed by atoms with Crippen molar-refractivity contribution in [3.05, 3.63) is 0 Å². The Labute approximate surface area is 36.5 Å². The summed E-state index contributed by atoms with van der Waals surface area (Å²) in [6.45, 7) is 0. The lowest BCUT2D eigenvalue weighted by molar-refractivity contribution is -0.998. The molecule has 0 saturated heterocycles. The number of carbonyl (C=O) groups excluding carboxylic acids is 1. The molecule has 3 heteroatoms. The Morgan fingerprint density at radius 3 is 2.33 bits per heavy atom. The van der Waals surface area contributed by atoms with Gasteiger partial charge >= 0.3 is 6.41 Å². The van der Waals surface area contributed by atoms with Gasteiger partial charge in [0.2, 0.25) is 0 Å². The first-order valence-corrected chi connectivity index (χ1v) is 1.64. The van der Waals surface area contributed by atoms with Crippen LogP contribution >= 0.6 is 0 Å². The van der Waals surface area contributed by atoms with Crippen molar-refractivity contribution >= 4 is 6.41 Å². The van der Waals surface area contributed by atoms with Crippen LogP contribution in [0.4, 0.5) is 0 Å². The molecule has 0 fully saturated rings. The van der Waals surface area contributed by atoms with Gasteiger partial charge < -0.3 is 0 Å². The Kier molecular flexibility index (Phi) is 2.62. The summed E-state index contributed by atoms with van der Waals surface area (Å²) >= 11 is 0. The molecule has 0 aliphatic heterocycles. The summed E-state index contributed by atoms with van der Waals surface area (Å²) < 4.78 is 0. The van der Waals surface area contributed by atoms with Gasteiger partial charge in [-0.3, -0.25) is 0 Å². The molecule has 1 amide bonds. The second kappa shape index (κ2) is 2.81. The number of amides is 1. The van der Waals surface area contributed by atoms with Gasteiger partial charge in [0.25, 0.3) is 0 Å². The monoisotopic (exact) mass is 90.1 g/mol. The van der Waals surface area contributed by atoms with Crippen molar-refractivity contribution in [2.45, 2.75) is 0 Å². The van der Waals surface area contributed by atoms with Crippen LogP contribution < -0.4 is 5.06 Å². The van der Waals surface area contributed by atoms with E-state index in [1.54, 1.807) is 7.05 Å². The molecule has 0 saturated carbocycles. The van der Waals surface area contributed by atoms with Crippen LogP contribution in [-0.4, -0.2) is 20.6 Å². The van der Waals surface area contributed by atoms with Crippen LogP contribution in [0.2, 0.25) is 0 Å². The fraction of sp³-hybridized carbons (Fsp3) is 0.667. The zero-order chi connectivity index (χ0) is 4.99. The summed E-state index contributed by atoms with van der Waals surface area (Å²) in [7, 11) is 3.07. The lowest BCUT2D eigenvalue weighted by Gasteiger charge is -1.93. The Morgan fingerprint density at radius 2 is 2.33 bits per heavy atom. The van der Waals surface area contributed by atoms with E-state index in [9.17, 15) is 4.79 Å². The van der Waals surface area contributed by atoms with Gasteiger partial charge in [0.05, 0.1) is 7.11 Å². The summed E-state index contributed by atoms with van der Waals surface area (Å²) in [4.78, 5) is 14.0. The maximum absolute atomic E-state index is 9.57. The molecule has 0 aliphatic carbocycles. The first-order chi connectivity index (χ1) is 2.81. The first-order valence-electron chi connectivity index (χ1n) is 1.64. The molecule has 0 heterocycles. The van der Waals surface area contributed by atoms with E-state index < -0.39 is 0 Å². The highest BCUT2D eigenvalue weighted by Crippen LogP contribution is 1.24. The molecule has 0 aromatic rings. The molecular weight excluding hydrogens is 82.0 g/mol. The smallest absolute Gasteiger partial charge is 0.231 e. The predicted molar refractivity (Wildman–Crippen MR) is 20.0 cm³/mol. The van der Waals surface area contributed by atoms with Crippen molar-refractivity contribution in [3.63, 3.8) is 0 Å². The number of nitrogens with one attached hydrogen (secondary N) is 1. The lowest BCUT2D eigenvalue weighted by atomic mass is 11.2. The highest BCUT2D eigenvalue weighted by molar-refractivity contribution is 5.32. The molecule has 36 valence electrons. The Bertz CT molecular complexity index is 46.1. The third-order valence-corrected chi connectivity index (χ3v) is 0.488. The Balaban J connectivity index is 2.96. The van der Waals surface area contributed by atoms with Crippen LogP contribution in [0.1, 0.15) is 0 Å². The van der Waals surface area contributed by atoms with Crippen LogP contribution in [0.5, 0.6) is 0 Å². The van der Waals surface area contributed by atoms with Crippen molar-refractivity contribution in [2.24, 2.45) is 0 Å². The molecule has 0 rings (SSSR count). The van der Waals surface area contributed by atoms with Gasteiger partial charge in [-0.1, -0.05) is 0 Å². The van der Waals surface area contributed by atoms with Gasteiger partial charge in [-0.25, -0.2) is 9.63 Å². The first kappa shape index (κ1) is 5.59. The van der Waals surface area contributed by atoms with Gasteiger partial charge in [-0.15, -0.1) is 5.06 Å². The van der Waals surface area contributed by atoms with Crippen molar-refractivity contribution in [1.82, 2.24) is 0 Å². The zero-order valence-corrected chi connectivity index (χ0v) is 3.89. The molecule has 1 atom stereocenters. The van der Waals surface area contributed by atoms with E-state index in [2.05, 4.69) is 4.84 Å². The summed E-state index contributed by atoms with van der Waals surface area (Å²) in [5.74, 6) is 0. The quantitative estimate of drug-likeness (QED) is 0.321. The molecule has 0 radical (unpaired) electrons. The average Bonchev–Trinajstić information content (AvgIpc) is 1.65. The molecule has 0 spiro atoms. The third kappa shape index (κ3) is 1.87. The number of quaternary nitrogens is 1. The topological polar surface area (TPSA) is 30.7 Å². The molecule has 1 N–H and O–H groups in total. The second-order valence-electron chi connectivity index (χ2n) is 0.933. The minimum atomic E-state index is 0.412. The van der Waals surface area contributed by atoms with Gasteiger partial charge in [-0.2, -0.15) is 0 Å². The minimum Gasteiger partial charge on any atom is -0.231 e. The molecule has 6 heavy (non-hydrogen) atoms. The highest BCUT2D eigenvalue weighted by atomic mass is 16.7. The summed E-state index contributed by atoms with van der Waals surface area (Å²) in [5, 5.41) is 0.412. The SMILES string of the molecule is CO[NH+](C)C=O. The summed E-state index contributed by atoms with van der Waals surface area (Å²) in [6, 6.07) is 0. The van der Waals surface area contributed by atoms with Gasteiger partial charge in [0, 0.05) is 0 Å². The summed E-state index contributed by atoms with van der Waals surface area (Å²) in [6.07, 6.45) is 0.667. The Hall–Kier alpha value is -0.410. The standard InChI is InChI=1S/C3H7NO2/c1-4(3-5)6-2/h3H,1-2H3/p+1. The van der Waals surface area contributed by atoms with Crippen molar-refractivity contribution in [1.29, 1.82) is 0 Å². The zero-order valence-electron chi connectivity index (χ0n) is 3.89. The van der Waals surface area contributed by atoms with E-state index in [1.807, 2.05) is 0 Å². The van der Waals surface area contributed by atoms with Crippen LogP contribution in [-0.2, 0) is 9.63 Å². The number of hydrogen-bond donors (Lipinski definition) is 1. The number of carbonyl (C=O) groups is 1. The van der Waals surface area contributed by atoms with E-state index in [1.165, 1.54) is 7.11 Å². The van der Waals surface area contributed by atoms with E-state index in [4.69, 9.17) is 0 Å². The van der Waals surface area contributed by atoms with Gasteiger partial charge in [-0.05, 0) is 0 Å². The van der Waals surface area contributed by atoms with Crippen LogP contribution in [0.3, 0.4) is 0 Å². The number of hydroxylamine groups is 2. The number of hydrogen-bond acceptors (Lipinski definition) is 2. The summed E-state index contributed by atoms with van der Waals surface area (Å²) in [5.41, 5.74) is 0. The molecule has 0 aromatic carbocycles. The van der Waals surface area contributed by atoms with E-state index in [0.717, 1.165) is 0 Å². The maximum atomic E-state index is 9.57. The van der Waals surface area contributed by atoms with Crippen molar-refractivity contribution in [3.8, 4) is 0 Å². The largest absolute Gasteiger partial charge is 0.331 e. The van der Waals surface area contributed by atoms with E-state index >= 15 is 0 Å². The second-order valence-corrected chi connectivity index (χ2v) is 0.933. The third-order valence-electron chi connectivity index (χ3n) is 0.488. The van der Waals surface area contributed by atoms with E-state index in [0.29, 0.717) is 11.5 Å². The van der Waals surface area contributed by atoms with Gasteiger partial charge in [0.15, 0.2) is 0 Å². The normalized spacial score (nSPS) is 13.7. The molecule has 1 unspecified atom stereocenters. The lowest BCUT2D eigenvalue weighted by Crippen LogP contribution is -3.06. The molecule has 0 bridgehead atoms.